The van der Waals surface area contributed by atoms with E-state index in [4.69, 9.17) is 0 Å². The highest BCUT2D eigenvalue weighted by atomic mass is 32.2. The second-order valence-electron chi connectivity index (χ2n) is 13.4. The van der Waals surface area contributed by atoms with E-state index in [1.165, 1.54) is 39.3 Å². The maximum absolute atomic E-state index is 14.1. The molecule has 0 saturated heterocycles. The van der Waals surface area contributed by atoms with Crippen LogP contribution in [0, 0.1) is 22.7 Å². The van der Waals surface area contributed by atoms with E-state index in [0.29, 0.717) is 27.7 Å². The van der Waals surface area contributed by atoms with Crippen LogP contribution in [0.2, 0.25) is 0 Å². The van der Waals surface area contributed by atoms with Crippen LogP contribution in [-0.2, 0) is 22.4 Å². The third-order valence-electron chi connectivity index (χ3n) is 8.88. The number of thioether (sulfide) groups is 1. The number of benzene rings is 3. The molecule has 3 amide bonds. The zero-order valence-corrected chi connectivity index (χ0v) is 31.0. The number of hydrogen-bond donors (Lipinski definition) is 3. The Kier molecular flexibility index (Phi) is 11.2. The molecule has 6 rings (SSSR count). The summed E-state index contributed by atoms with van der Waals surface area (Å²) in [7, 11) is 0. The van der Waals surface area contributed by atoms with E-state index in [-0.39, 0.29) is 17.0 Å². The monoisotopic (exact) mass is 730 g/mol. The molecule has 7 nitrogen and oxygen atoms in total. The quantitative estimate of drug-likeness (QED) is 0.0979. The van der Waals surface area contributed by atoms with Gasteiger partial charge < -0.3 is 16.0 Å². The molecule has 2 aromatic heterocycles. The smallest absolute Gasteiger partial charge is 0.272 e. The second kappa shape index (κ2) is 15.9. The number of anilines is 2. The number of thiophene rings is 2. The van der Waals surface area contributed by atoms with Gasteiger partial charge in [-0.15, -0.1) is 34.4 Å². The SMILES string of the molecule is CC(C)(C)C1CCc2c(sc(NC(=O)C(Sc3cccc(NC(=O)/C(=C/c4cccs4)NC(=O)c4ccccc4)c3)c3ccccc3)c2C#N)C1. The van der Waals surface area contributed by atoms with Crippen LogP contribution in [0.1, 0.15) is 69.2 Å². The lowest BCUT2D eigenvalue weighted by atomic mass is 9.72. The van der Waals surface area contributed by atoms with E-state index >= 15 is 0 Å². The highest BCUT2D eigenvalue weighted by molar-refractivity contribution is 8.00. The molecular formula is C41H38N4O3S3. The summed E-state index contributed by atoms with van der Waals surface area (Å²) in [6.07, 6.45) is 4.41. The molecule has 3 aromatic carbocycles. The fourth-order valence-corrected chi connectivity index (χ4v) is 9.07. The first-order valence-electron chi connectivity index (χ1n) is 16.7. The third kappa shape index (κ3) is 8.86. The van der Waals surface area contributed by atoms with Gasteiger partial charge >= 0.3 is 0 Å². The molecule has 5 aromatic rings. The van der Waals surface area contributed by atoms with Gasteiger partial charge in [0.05, 0.1) is 5.56 Å². The minimum absolute atomic E-state index is 0.103. The zero-order chi connectivity index (χ0) is 36.0. The van der Waals surface area contributed by atoms with E-state index < -0.39 is 17.1 Å². The number of nitrogens with one attached hydrogen (secondary N) is 3. The minimum Gasteiger partial charge on any atom is -0.321 e. The molecule has 51 heavy (non-hydrogen) atoms. The topological polar surface area (TPSA) is 111 Å². The Labute approximate surface area is 310 Å². The van der Waals surface area contributed by atoms with Gasteiger partial charge in [-0.05, 0) is 89.6 Å². The van der Waals surface area contributed by atoms with Crippen LogP contribution in [-0.4, -0.2) is 17.7 Å². The summed E-state index contributed by atoms with van der Waals surface area (Å²) < 4.78 is 0. The largest absolute Gasteiger partial charge is 0.321 e. The number of rotatable bonds is 10. The summed E-state index contributed by atoms with van der Waals surface area (Å²) in [6.45, 7) is 6.78. The number of nitriles is 1. The van der Waals surface area contributed by atoms with E-state index in [0.717, 1.165) is 40.2 Å². The Morgan fingerprint density at radius 3 is 2.37 bits per heavy atom. The van der Waals surface area contributed by atoms with Gasteiger partial charge in [0, 0.05) is 25.9 Å². The lowest BCUT2D eigenvalue weighted by Gasteiger charge is -2.33. The van der Waals surface area contributed by atoms with Gasteiger partial charge in [0.1, 0.15) is 22.0 Å². The van der Waals surface area contributed by atoms with Gasteiger partial charge in [-0.2, -0.15) is 5.26 Å². The first kappa shape index (κ1) is 35.9. The highest BCUT2D eigenvalue weighted by Crippen LogP contribution is 2.45. The normalized spacial score (nSPS) is 14.9. The molecule has 2 heterocycles. The molecule has 1 aliphatic rings. The van der Waals surface area contributed by atoms with Gasteiger partial charge in [0.25, 0.3) is 11.8 Å². The Bertz CT molecular complexity index is 2090. The highest BCUT2D eigenvalue weighted by Gasteiger charge is 2.33. The molecule has 0 radical (unpaired) electrons. The lowest BCUT2D eigenvalue weighted by molar-refractivity contribution is -0.116. The van der Waals surface area contributed by atoms with E-state index in [1.807, 2.05) is 72.1 Å². The summed E-state index contributed by atoms with van der Waals surface area (Å²) in [5.41, 5.74) is 3.66. The van der Waals surface area contributed by atoms with Gasteiger partial charge in [0.15, 0.2) is 0 Å². The van der Waals surface area contributed by atoms with Crippen molar-refractivity contribution in [1.82, 2.24) is 5.32 Å². The fraction of sp³-hybridized carbons (Fsp3) is 0.220. The maximum Gasteiger partial charge on any atom is 0.272 e. The number of hydrogen-bond acceptors (Lipinski definition) is 7. The molecular weight excluding hydrogens is 693 g/mol. The number of amides is 3. The average molecular weight is 731 g/mol. The van der Waals surface area contributed by atoms with Gasteiger partial charge in [0.2, 0.25) is 5.91 Å². The molecule has 0 saturated carbocycles. The van der Waals surface area contributed by atoms with Gasteiger partial charge in [-0.1, -0.05) is 81.4 Å². The molecule has 2 unspecified atom stereocenters. The van der Waals surface area contributed by atoms with E-state index in [2.05, 4.69) is 42.8 Å². The molecule has 1 aliphatic carbocycles. The Balaban J connectivity index is 1.22. The molecule has 2 atom stereocenters. The van der Waals surface area contributed by atoms with Gasteiger partial charge in [-0.3, -0.25) is 14.4 Å². The average Bonchev–Trinajstić information content (AvgIpc) is 3.77. The summed E-state index contributed by atoms with van der Waals surface area (Å²) in [5.74, 6) is -0.587. The van der Waals surface area contributed by atoms with Crippen LogP contribution in [0.5, 0.6) is 0 Å². The van der Waals surface area contributed by atoms with Crippen LogP contribution >= 0.6 is 34.4 Å². The molecule has 258 valence electrons. The van der Waals surface area contributed by atoms with E-state index in [1.54, 1.807) is 36.4 Å². The number of carbonyl (C=O) groups is 3. The summed E-state index contributed by atoms with van der Waals surface area (Å²) in [5, 5.41) is 20.8. The van der Waals surface area contributed by atoms with Crippen molar-refractivity contribution >= 4 is 68.9 Å². The predicted octanol–water partition coefficient (Wildman–Crippen LogP) is 9.71. The molecule has 0 fully saturated rings. The zero-order valence-electron chi connectivity index (χ0n) is 28.6. The molecule has 0 spiro atoms. The van der Waals surface area contributed by atoms with Crippen molar-refractivity contribution in [2.24, 2.45) is 11.3 Å². The van der Waals surface area contributed by atoms with Crippen LogP contribution in [0.15, 0.2) is 113 Å². The van der Waals surface area contributed by atoms with Crippen molar-refractivity contribution in [3.8, 4) is 6.07 Å². The van der Waals surface area contributed by atoms with E-state index in [9.17, 15) is 19.6 Å². The number of fused-ring (bicyclic) bond motifs is 1. The molecule has 3 N–H and O–H groups in total. The van der Waals surface area contributed by atoms with Crippen molar-refractivity contribution in [3.05, 3.63) is 140 Å². The fourth-order valence-electron chi connectivity index (χ4n) is 6.05. The van der Waals surface area contributed by atoms with Crippen molar-refractivity contribution in [2.45, 2.75) is 50.2 Å². The molecule has 10 heteroatoms. The van der Waals surface area contributed by atoms with Crippen molar-refractivity contribution in [1.29, 1.82) is 5.26 Å². The predicted molar refractivity (Wildman–Crippen MR) is 209 cm³/mol. The first-order chi connectivity index (χ1) is 24.6. The Morgan fingerprint density at radius 1 is 0.941 bits per heavy atom. The summed E-state index contributed by atoms with van der Waals surface area (Å²) in [6, 6.07) is 31.7. The standard InChI is InChI=1S/C41H38N4O3S3/c1-41(2,3)28-19-20-32-33(25-42)40(51-35(32)22-28)45-39(48)36(26-12-6-4-7-13-26)50-31-17-10-16-29(23-31)43-38(47)34(24-30-18-11-21-49-30)44-37(46)27-14-8-5-9-15-27/h4-18,21,23-24,28,36H,19-20,22H2,1-3H3,(H,43,47)(H,44,46)(H,45,48)/b34-24-. The lowest BCUT2D eigenvalue weighted by Crippen LogP contribution is -2.30. The van der Waals surface area contributed by atoms with Crippen molar-refractivity contribution in [3.63, 3.8) is 0 Å². The summed E-state index contributed by atoms with van der Waals surface area (Å²) >= 11 is 4.33. The Hall–Kier alpha value is -4.95. The maximum atomic E-state index is 14.1. The molecule has 0 bridgehead atoms. The third-order valence-corrected chi connectivity index (χ3v) is 12.1. The van der Waals surface area contributed by atoms with Crippen LogP contribution in [0.25, 0.3) is 6.08 Å². The number of carbonyl (C=O) groups excluding carboxylic acids is 3. The second-order valence-corrected chi connectivity index (χ2v) is 16.7. The number of nitrogens with zero attached hydrogens (tertiary/aromatic N) is 1. The van der Waals surface area contributed by atoms with Crippen molar-refractivity contribution < 1.29 is 14.4 Å². The molecule has 0 aliphatic heterocycles. The Morgan fingerprint density at radius 2 is 1.69 bits per heavy atom. The minimum atomic E-state index is -0.635. The van der Waals surface area contributed by atoms with Crippen LogP contribution < -0.4 is 16.0 Å². The summed E-state index contributed by atoms with van der Waals surface area (Å²) in [4.78, 5) is 43.5. The van der Waals surface area contributed by atoms with Gasteiger partial charge in [-0.25, -0.2) is 0 Å². The van der Waals surface area contributed by atoms with Crippen molar-refractivity contribution in [2.75, 3.05) is 10.6 Å². The first-order valence-corrected chi connectivity index (χ1v) is 19.3. The van der Waals surface area contributed by atoms with Crippen LogP contribution in [0.3, 0.4) is 0 Å². The van der Waals surface area contributed by atoms with Crippen LogP contribution in [0.4, 0.5) is 10.7 Å².